The summed E-state index contributed by atoms with van der Waals surface area (Å²) in [5.74, 6) is -0.608. The van der Waals surface area contributed by atoms with E-state index >= 15 is 0 Å². The summed E-state index contributed by atoms with van der Waals surface area (Å²) < 4.78 is 13.5. The average molecular weight is 245 g/mol. The highest BCUT2D eigenvalue weighted by atomic mass is 19.1. The molecule has 0 radical (unpaired) electrons. The Labute approximate surface area is 104 Å². The fraction of sp³-hybridized carbons (Fsp3) is 0.0769. The quantitative estimate of drug-likeness (QED) is 0.881. The SMILES string of the molecule is CN(C(=O)c1ccccc1F)c1ccc(N)nc1. The van der Waals surface area contributed by atoms with Crippen LogP contribution in [-0.2, 0) is 0 Å². The monoisotopic (exact) mass is 245 g/mol. The van der Waals surface area contributed by atoms with Crippen LogP contribution in [0.15, 0.2) is 42.6 Å². The molecule has 0 fully saturated rings. The normalized spacial score (nSPS) is 10.1. The Balaban J connectivity index is 2.29. The molecule has 0 atom stereocenters. The Kier molecular flexibility index (Phi) is 3.23. The van der Waals surface area contributed by atoms with Crippen molar-refractivity contribution in [2.45, 2.75) is 0 Å². The fourth-order valence-electron chi connectivity index (χ4n) is 1.53. The van der Waals surface area contributed by atoms with Gasteiger partial charge in [-0.1, -0.05) is 12.1 Å². The second kappa shape index (κ2) is 4.83. The Bertz CT molecular complexity index is 569. The summed E-state index contributed by atoms with van der Waals surface area (Å²) in [5.41, 5.74) is 6.04. The molecule has 0 aliphatic rings. The van der Waals surface area contributed by atoms with E-state index < -0.39 is 11.7 Å². The van der Waals surface area contributed by atoms with Gasteiger partial charge < -0.3 is 10.6 Å². The van der Waals surface area contributed by atoms with Gasteiger partial charge in [0, 0.05) is 7.05 Å². The molecule has 0 aliphatic heterocycles. The standard InChI is InChI=1S/C13H12FN3O/c1-17(9-6-7-12(15)16-8-9)13(18)10-4-2-3-5-11(10)14/h2-8H,1H3,(H2,15,16). The zero-order valence-corrected chi connectivity index (χ0v) is 9.80. The summed E-state index contributed by atoms with van der Waals surface area (Å²) in [6, 6.07) is 9.09. The first-order valence-corrected chi connectivity index (χ1v) is 5.33. The predicted molar refractivity (Wildman–Crippen MR) is 67.8 cm³/mol. The molecule has 1 heterocycles. The van der Waals surface area contributed by atoms with Crippen molar-refractivity contribution in [3.63, 3.8) is 0 Å². The number of carbonyl (C=O) groups is 1. The molecule has 1 aromatic heterocycles. The van der Waals surface area contributed by atoms with E-state index in [9.17, 15) is 9.18 Å². The van der Waals surface area contributed by atoms with E-state index in [1.54, 1.807) is 25.2 Å². The molecule has 0 saturated carbocycles. The highest BCUT2D eigenvalue weighted by molar-refractivity contribution is 6.05. The number of aromatic nitrogens is 1. The van der Waals surface area contributed by atoms with Crippen molar-refractivity contribution in [2.24, 2.45) is 0 Å². The molecule has 18 heavy (non-hydrogen) atoms. The van der Waals surface area contributed by atoms with Crippen LogP contribution in [0.1, 0.15) is 10.4 Å². The number of rotatable bonds is 2. The third-order valence-electron chi connectivity index (χ3n) is 2.57. The first kappa shape index (κ1) is 12.0. The molecule has 2 aromatic rings. The smallest absolute Gasteiger partial charge is 0.261 e. The molecule has 0 saturated heterocycles. The van der Waals surface area contributed by atoms with Crippen molar-refractivity contribution >= 4 is 17.4 Å². The van der Waals surface area contributed by atoms with Crippen LogP contribution in [0.4, 0.5) is 15.9 Å². The van der Waals surface area contributed by atoms with Gasteiger partial charge in [-0.3, -0.25) is 4.79 Å². The minimum Gasteiger partial charge on any atom is -0.384 e. The number of nitrogen functional groups attached to an aromatic ring is 1. The number of nitrogens with two attached hydrogens (primary N) is 1. The number of carbonyl (C=O) groups excluding carboxylic acids is 1. The van der Waals surface area contributed by atoms with E-state index in [1.807, 2.05) is 0 Å². The summed E-state index contributed by atoms with van der Waals surface area (Å²) in [6.45, 7) is 0. The lowest BCUT2D eigenvalue weighted by Gasteiger charge is -2.17. The Morgan fingerprint density at radius 1 is 1.28 bits per heavy atom. The van der Waals surface area contributed by atoms with Crippen LogP contribution < -0.4 is 10.6 Å². The van der Waals surface area contributed by atoms with Crippen LogP contribution in [-0.4, -0.2) is 17.9 Å². The van der Waals surface area contributed by atoms with Gasteiger partial charge in [-0.05, 0) is 24.3 Å². The van der Waals surface area contributed by atoms with Gasteiger partial charge in [0.05, 0.1) is 17.4 Å². The third-order valence-corrected chi connectivity index (χ3v) is 2.57. The fourth-order valence-corrected chi connectivity index (χ4v) is 1.53. The number of hydrogen-bond donors (Lipinski definition) is 1. The predicted octanol–water partition coefficient (Wildman–Crippen LogP) is 2.08. The van der Waals surface area contributed by atoms with Gasteiger partial charge in [0.25, 0.3) is 5.91 Å². The summed E-state index contributed by atoms with van der Waals surface area (Å²) in [4.78, 5) is 17.3. The minimum atomic E-state index is -0.544. The van der Waals surface area contributed by atoms with Crippen LogP contribution in [0.5, 0.6) is 0 Å². The highest BCUT2D eigenvalue weighted by Gasteiger charge is 2.16. The van der Waals surface area contributed by atoms with Gasteiger partial charge in [-0.25, -0.2) is 9.37 Å². The lowest BCUT2D eigenvalue weighted by Crippen LogP contribution is -2.27. The number of pyridine rings is 1. The number of amides is 1. The van der Waals surface area contributed by atoms with E-state index in [4.69, 9.17) is 5.73 Å². The molecule has 0 bridgehead atoms. The number of hydrogen-bond acceptors (Lipinski definition) is 3. The maximum atomic E-state index is 13.5. The van der Waals surface area contributed by atoms with E-state index in [2.05, 4.69) is 4.98 Å². The van der Waals surface area contributed by atoms with Crippen molar-refractivity contribution in [1.82, 2.24) is 4.98 Å². The third kappa shape index (κ3) is 2.29. The van der Waals surface area contributed by atoms with Gasteiger partial charge in [0.2, 0.25) is 0 Å². The Morgan fingerprint density at radius 3 is 2.61 bits per heavy atom. The van der Waals surface area contributed by atoms with Gasteiger partial charge in [0.1, 0.15) is 11.6 Å². The second-order valence-electron chi connectivity index (χ2n) is 3.79. The largest absolute Gasteiger partial charge is 0.384 e. The van der Waals surface area contributed by atoms with E-state index in [1.165, 1.54) is 29.3 Å². The highest BCUT2D eigenvalue weighted by Crippen LogP contribution is 2.16. The lowest BCUT2D eigenvalue weighted by atomic mass is 10.2. The zero-order chi connectivity index (χ0) is 13.1. The zero-order valence-electron chi connectivity index (χ0n) is 9.80. The average Bonchev–Trinajstić information content (AvgIpc) is 2.38. The molecule has 2 rings (SSSR count). The van der Waals surface area contributed by atoms with Crippen molar-refractivity contribution in [3.05, 3.63) is 54.0 Å². The summed E-state index contributed by atoms with van der Waals surface area (Å²) in [6.07, 6.45) is 1.47. The molecular formula is C13H12FN3O. The lowest BCUT2D eigenvalue weighted by molar-refractivity contribution is 0.0989. The Hall–Kier alpha value is -2.43. The van der Waals surface area contributed by atoms with Gasteiger partial charge in [-0.15, -0.1) is 0 Å². The molecule has 1 amide bonds. The summed E-state index contributed by atoms with van der Waals surface area (Å²) in [5, 5.41) is 0. The van der Waals surface area contributed by atoms with Crippen molar-refractivity contribution in [2.75, 3.05) is 17.7 Å². The van der Waals surface area contributed by atoms with Gasteiger partial charge in [0.15, 0.2) is 0 Å². The van der Waals surface area contributed by atoms with Gasteiger partial charge in [-0.2, -0.15) is 0 Å². The molecule has 1 aromatic carbocycles. The van der Waals surface area contributed by atoms with E-state index in [0.29, 0.717) is 11.5 Å². The van der Waals surface area contributed by atoms with E-state index in [-0.39, 0.29) is 5.56 Å². The topological polar surface area (TPSA) is 59.2 Å². The number of anilines is 2. The maximum Gasteiger partial charge on any atom is 0.261 e. The molecule has 2 N–H and O–H groups in total. The van der Waals surface area contributed by atoms with Crippen LogP contribution in [0.3, 0.4) is 0 Å². The number of nitrogens with zero attached hydrogens (tertiary/aromatic N) is 2. The first-order chi connectivity index (χ1) is 8.59. The molecule has 0 unspecified atom stereocenters. The summed E-state index contributed by atoms with van der Waals surface area (Å²) in [7, 11) is 1.56. The molecule has 0 spiro atoms. The summed E-state index contributed by atoms with van der Waals surface area (Å²) >= 11 is 0. The van der Waals surface area contributed by atoms with Crippen molar-refractivity contribution in [1.29, 1.82) is 0 Å². The van der Waals surface area contributed by atoms with Crippen LogP contribution in [0, 0.1) is 5.82 Å². The maximum absolute atomic E-state index is 13.5. The number of halogens is 1. The van der Waals surface area contributed by atoms with Gasteiger partial charge >= 0.3 is 0 Å². The molecule has 0 aliphatic carbocycles. The molecule has 4 nitrogen and oxygen atoms in total. The van der Waals surface area contributed by atoms with Crippen LogP contribution in [0.2, 0.25) is 0 Å². The van der Waals surface area contributed by atoms with Crippen molar-refractivity contribution < 1.29 is 9.18 Å². The minimum absolute atomic E-state index is 0.0248. The second-order valence-corrected chi connectivity index (χ2v) is 3.79. The van der Waals surface area contributed by atoms with Crippen LogP contribution >= 0.6 is 0 Å². The number of benzene rings is 1. The van der Waals surface area contributed by atoms with Crippen molar-refractivity contribution in [3.8, 4) is 0 Å². The Morgan fingerprint density at radius 2 is 2.00 bits per heavy atom. The molecular weight excluding hydrogens is 233 g/mol. The first-order valence-electron chi connectivity index (χ1n) is 5.33. The molecule has 92 valence electrons. The van der Waals surface area contributed by atoms with Crippen LogP contribution in [0.25, 0.3) is 0 Å². The molecule has 5 heteroatoms. The van der Waals surface area contributed by atoms with E-state index in [0.717, 1.165) is 0 Å².